The summed E-state index contributed by atoms with van der Waals surface area (Å²) in [5.41, 5.74) is 1.54. The molecule has 0 amide bonds. The lowest BCUT2D eigenvalue weighted by molar-refractivity contribution is -0.147. The van der Waals surface area contributed by atoms with Gasteiger partial charge in [0.1, 0.15) is 28.2 Å². The Kier molecular flexibility index (Phi) is 31.1. The molecule has 0 spiro atoms. The van der Waals surface area contributed by atoms with Gasteiger partial charge in [-0.25, -0.2) is 28.8 Å². The van der Waals surface area contributed by atoms with E-state index in [0.29, 0.717) is 48.0 Å². The van der Waals surface area contributed by atoms with Crippen LogP contribution in [0.2, 0.25) is 77.1 Å². The molecule has 0 saturated carbocycles. The normalized spacial score (nSPS) is 10.7. The van der Waals surface area contributed by atoms with Crippen LogP contribution in [0.4, 0.5) is 0 Å². The minimum absolute atomic E-state index is 0.113. The molecular weight excluding hydrogens is 1020 g/mol. The Labute approximate surface area is 454 Å². The smallest absolute Gasteiger partial charge is 0.345 e. The third-order valence-electron chi connectivity index (χ3n) is 10.5. The molecule has 0 aromatic heterocycles. The Morgan fingerprint density at radius 2 is 0.697 bits per heavy atom. The van der Waals surface area contributed by atoms with Crippen LogP contribution in [0.25, 0.3) is 18.2 Å². The quantitative estimate of drug-likeness (QED) is 0.0133. The highest BCUT2D eigenvalue weighted by Crippen LogP contribution is 2.30. The Bertz CT molecular complexity index is 2330. The van der Waals surface area contributed by atoms with Crippen LogP contribution in [0.15, 0.2) is 83.4 Å². The van der Waals surface area contributed by atoms with Crippen molar-refractivity contribution in [3.8, 4) is 23.0 Å². The van der Waals surface area contributed by atoms with Gasteiger partial charge in [0, 0.05) is 24.2 Å². The average Bonchev–Trinajstić information content (AvgIpc) is 3.37. The molecule has 0 heterocycles. The van der Waals surface area contributed by atoms with Gasteiger partial charge in [0.05, 0.1) is 68.6 Å². The maximum atomic E-state index is 12.0. The highest BCUT2D eigenvalue weighted by Gasteiger charge is 2.23. The topological polar surface area (TPSA) is 195 Å². The van der Waals surface area contributed by atoms with E-state index in [2.05, 4.69) is 77.9 Å². The molecule has 0 aliphatic rings. The van der Waals surface area contributed by atoms with Gasteiger partial charge < -0.3 is 47.4 Å². The molecule has 420 valence electrons. The van der Waals surface area contributed by atoms with Crippen LogP contribution in [0.5, 0.6) is 23.0 Å². The lowest BCUT2D eigenvalue weighted by Crippen LogP contribution is -2.20. The molecule has 76 heavy (non-hydrogen) atoms. The van der Waals surface area contributed by atoms with Gasteiger partial charge in [-0.2, -0.15) is 0 Å². The fourth-order valence-corrected chi connectivity index (χ4v) is 10.2. The molecule has 0 aliphatic carbocycles. The van der Waals surface area contributed by atoms with Gasteiger partial charge in [-0.05, 0) is 104 Å². The van der Waals surface area contributed by atoms with E-state index in [0.717, 1.165) is 30.8 Å². The highest BCUT2D eigenvalue weighted by molar-refractivity contribution is 6.76. The first-order valence-electron chi connectivity index (χ1n) is 25.3. The molecule has 3 aromatic rings. The minimum Gasteiger partial charge on any atom is -0.494 e. The fraction of sp³-hybridized carbons (Fsp3) is 0.474. The summed E-state index contributed by atoms with van der Waals surface area (Å²) in [7, 11) is 3.25. The van der Waals surface area contributed by atoms with E-state index in [-0.39, 0.29) is 29.9 Å². The van der Waals surface area contributed by atoms with Crippen LogP contribution in [0.3, 0.4) is 0 Å². The molecule has 0 unspecified atom stereocenters. The summed E-state index contributed by atoms with van der Waals surface area (Å²) >= 11 is 0. The van der Waals surface area contributed by atoms with E-state index in [4.69, 9.17) is 28.4 Å². The first kappa shape index (κ1) is 67.6. The number of rotatable bonds is 27. The molecule has 3 aromatic carbocycles. The lowest BCUT2D eigenvalue weighted by atomic mass is 10.1. The third-order valence-corrected chi connectivity index (χ3v) is 16.1. The maximum Gasteiger partial charge on any atom is 0.345 e. The van der Waals surface area contributed by atoms with E-state index < -0.39 is 60.0 Å². The van der Waals surface area contributed by atoms with Gasteiger partial charge in [0.25, 0.3) is 0 Å². The maximum absolute atomic E-state index is 12.0. The van der Waals surface area contributed by atoms with Gasteiger partial charge in [0.15, 0.2) is 11.5 Å². The molecule has 3 rings (SSSR count). The number of carbonyl (C=O) groups is 6. The summed E-state index contributed by atoms with van der Waals surface area (Å²) in [6.07, 6.45) is 7.40. The second-order valence-electron chi connectivity index (χ2n) is 20.7. The minimum atomic E-state index is -1.08. The van der Waals surface area contributed by atoms with Crippen molar-refractivity contribution in [1.82, 2.24) is 0 Å². The summed E-state index contributed by atoms with van der Waals surface area (Å²) in [4.78, 5) is 70.7. The molecule has 19 heteroatoms. The Balaban J connectivity index is 0.000000571. The van der Waals surface area contributed by atoms with Crippen molar-refractivity contribution in [2.24, 2.45) is 0 Å². The molecular formula is C57H84O16Si3. The van der Waals surface area contributed by atoms with E-state index >= 15 is 0 Å². The first-order valence-corrected chi connectivity index (χ1v) is 36.5. The van der Waals surface area contributed by atoms with E-state index in [9.17, 15) is 28.8 Å². The van der Waals surface area contributed by atoms with Crippen molar-refractivity contribution in [3.63, 3.8) is 0 Å². The van der Waals surface area contributed by atoms with Crippen LogP contribution in [-0.2, 0) is 57.2 Å². The summed E-state index contributed by atoms with van der Waals surface area (Å²) in [5, 5.41) is 0. The van der Waals surface area contributed by atoms with Gasteiger partial charge in [-0.1, -0.05) is 107 Å². The molecule has 0 saturated heterocycles. The zero-order chi connectivity index (χ0) is 57.5. The number of carbonyl (C=O) groups excluding carboxylic acids is 6. The number of methoxy groups -OCH3 is 5. The zero-order valence-corrected chi connectivity index (χ0v) is 50.9. The number of hydrogen-bond donors (Lipinski definition) is 0. The number of ether oxygens (including phenoxy) is 10. The first-order chi connectivity index (χ1) is 35.7. The van der Waals surface area contributed by atoms with Gasteiger partial charge in [-0.15, -0.1) is 0 Å². The summed E-state index contributed by atoms with van der Waals surface area (Å²) in [6.45, 7) is 26.8. The number of hydrogen-bond acceptors (Lipinski definition) is 16. The molecule has 0 fully saturated rings. The molecule has 0 bridgehead atoms. The summed E-state index contributed by atoms with van der Waals surface area (Å²) in [5.74, 6) is -1.66. The molecule has 16 nitrogen and oxygen atoms in total. The highest BCUT2D eigenvalue weighted by atomic mass is 28.3. The second-order valence-corrected chi connectivity index (χ2v) is 37.5. The third kappa shape index (κ3) is 28.4. The van der Waals surface area contributed by atoms with Crippen molar-refractivity contribution >= 4 is 78.3 Å². The van der Waals surface area contributed by atoms with Crippen LogP contribution in [0.1, 0.15) is 49.8 Å². The predicted molar refractivity (Wildman–Crippen MR) is 306 cm³/mol. The van der Waals surface area contributed by atoms with Crippen LogP contribution in [0, 0.1) is 0 Å². The average molecular weight is 1110 g/mol. The van der Waals surface area contributed by atoms with Gasteiger partial charge in [0.2, 0.25) is 0 Å². The van der Waals surface area contributed by atoms with Crippen LogP contribution >= 0.6 is 0 Å². The van der Waals surface area contributed by atoms with E-state index in [1.165, 1.54) is 64.8 Å². The number of esters is 6. The Morgan fingerprint density at radius 3 is 1.00 bits per heavy atom. The Hall–Kier alpha value is -6.45. The summed E-state index contributed by atoms with van der Waals surface area (Å²) < 4.78 is 50.9. The largest absolute Gasteiger partial charge is 0.494 e. The predicted octanol–water partition coefficient (Wildman–Crippen LogP) is 11.4. The van der Waals surface area contributed by atoms with Crippen molar-refractivity contribution in [3.05, 3.63) is 100 Å². The SMILES string of the molecule is CCOC(=O)C(=Cc1ccc(OCCC[Si](C)(C)C)cc1)C(=O)OCC.COC(=O)C(=Cc1ccc(OCCC[Si](C)(C)C)c(OC)c1)C(=O)OC.COC(=O)C(=Cc1ccc(OCCC[Si](C)(C)C)cc1)C(=O)OC. The fourth-order valence-electron chi connectivity index (χ4n) is 6.54. The van der Waals surface area contributed by atoms with Crippen molar-refractivity contribution in [2.45, 2.75) is 110 Å². The zero-order valence-electron chi connectivity index (χ0n) is 47.9. The van der Waals surface area contributed by atoms with E-state index in [1.807, 2.05) is 24.3 Å². The van der Waals surface area contributed by atoms with Crippen molar-refractivity contribution in [1.29, 1.82) is 0 Å². The second kappa shape index (κ2) is 35.0. The molecule has 0 N–H and O–H groups in total. The molecule has 0 radical (unpaired) electrons. The monoisotopic (exact) mass is 1110 g/mol. The van der Waals surface area contributed by atoms with Crippen LogP contribution in [-0.4, -0.2) is 129 Å². The van der Waals surface area contributed by atoms with Crippen LogP contribution < -0.4 is 18.9 Å². The Morgan fingerprint density at radius 1 is 0.395 bits per heavy atom. The van der Waals surface area contributed by atoms with Crippen molar-refractivity contribution < 1.29 is 76.1 Å². The van der Waals surface area contributed by atoms with Crippen molar-refractivity contribution in [2.75, 3.05) is 68.6 Å². The van der Waals surface area contributed by atoms with Gasteiger partial charge in [-0.3, -0.25) is 0 Å². The number of benzene rings is 3. The van der Waals surface area contributed by atoms with Gasteiger partial charge >= 0.3 is 35.8 Å². The lowest BCUT2D eigenvalue weighted by Gasteiger charge is -2.16. The van der Waals surface area contributed by atoms with E-state index in [1.54, 1.807) is 63.4 Å². The molecule has 0 atom stereocenters. The summed E-state index contributed by atoms with van der Waals surface area (Å²) in [6, 6.07) is 23.3. The molecule has 0 aliphatic heterocycles. The standard InChI is InChI=1S/C20H30O5Si.C19H28O6Si.C18H26O5Si/c1-6-23-19(21)18(20(22)24-7-2)15-16-9-11-17(12-10-16)25-13-8-14-26(3,4)5;1-22-17-13-14(12-15(18(20)23-2)19(21)24-3)8-9-16(17)25-10-7-11-26(4,5)6;1-21-17(19)16(18(20)22-2)13-14-7-9-15(10-8-14)23-11-6-12-24(3,4)5/h9-12,15H,6-8,13-14H2,1-5H3;8-9,12-13H,7,10-11H2,1-6H3;7-10,13H,6,11-12H2,1-5H3.